The summed E-state index contributed by atoms with van der Waals surface area (Å²) in [6.07, 6.45) is 1.84. The molecule has 0 saturated heterocycles. The summed E-state index contributed by atoms with van der Waals surface area (Å²) in [7, 11) is 11.9. The lowest BCUT2D eigenvalue weighted by molar-refractivity contribution is 0.959. The van der Waals surface area contributed by atoms with E-state index in [4.69, 9.17) is 15.7 Å². The van der Waals surface area contributed by atoms with Crippen molar-refractivity contribution in [3.05, 3.63) is 36.0 Å². The standard InChI is InChI=1S/C15H17B2N/c1-4-11-12-7-6-10(16)8-14(12)18-15(11)9(3)13(17)5-2/h6-8,13,18H,3-5H2,1-2H3. The Kier molecular flexibility index (Phi) is 3.70. The summed E-state index contributed by atoms with van der Waals surface area (Å²) in [6.45, 7) is 8.35. The van der Waals surface area contributed by atoms with Crippen LogP contribution in [0.25, 0.3) is 16.5 Å². The Morgan fingerprint density at radius 1 is 1.39 bits per heavy atom. The van der Waals surface area contributed by atoms with Crippen LogP contribution in [0.2, 0.25) is 5.82 Å². The molecule has 0 aliphatic heterocycles. The number of hydrogen-bond donors (Lipinski definition) is 1. The SMILES string of the molecule is [B]c1ccc2c(CC)c(C(=C)C([B])CC)[nH]c2c1. The molecule has 0 fully saturated rings. The topological polar surface area (TPSA) is 15.8 Å². The van der Waals surface area contributed by atoms with Gasteiger partial charge in [-0.25, -0.2) is 0 Å². The Labute approximate surface area is 111 Å². The summed E-state index contributed by atoms with van der Waals surface area (Å²) < 4.78 is 0. The Bertz CT molecular complexity index is 583. The van der Waals surface area contributed by atoms with Crippen molar-refractivity contribution >= 4 is 37.6 Å². The van der Waals surface area contributed by atoms with Crippen LogP contribution in [0.5, 0.6) is 0 Å². The van der Waals surface area contributed by atoms with E-state index < -0.39 is 0 Å². The molecule has 1 aromatic heterocycles. The Hall–Kier alpha value is -1.37. The molecule has 1 aromatic carbocycles. The average Bonchev–Trinajstić information content (AvgIpc) is 2.74. The van der Waals surface area contributed by atoms with Gasteiger partial charge in [0.2, 0.25) is 0 Å². The van der Waals surface area contributed by atoms with Crippen LogP contribution in [0.3, 0.4) is 0 Å². The molecule has 1 unspecified atom stereocenters. The molecule has 0 bridgehead atoms. The van der Waals surface area contributed by atoms with Crippen LogP contribution >= 0.6 is 0 Å². The Morgan fingerprint density at radius 3 is 2.72 bits per heavy atom. The zero-order chi connectivity index (χ0) is 13.3. The quantitative estimate of drug-likeness (QED) is 0.781. The molecule has 0 aliphatic rings. The molecule has 0 saturated carbocycles. The highest BCUT2D eigenvalue weighted by Crippen LogP contribution is 2.32. The van der Waals surface area contributed by atoms with Crippen molar-refractivity contribution in [2.45, 2.75) is 32.5 Å². The van der Waals surface area contributed by atoms with E-state index >= 15 is 0 Å². The number of benzene rings is 1. The third-order valence-corrected chi connectivity index (χ3v) is 3.49. The van der Waals surface area contributed by atoms with E-state index in [-0.39, 0.29) is 5.82 Å². The van der Waals surface area contributed by atoms with Gasteiger partial charge in [0.05, 0.1) is 7.85 Å². The maximum atomic E-state index is 6.08. The third-order valence-electron chi connectivity index (χ3n) is 3.49. The third kappa shape index (κ3) is 2.14. The highest BCUT2D eigenvalue weighted by atomic mass is 14.7. The predicted octanol–water partition coefficient (Wildman–Crippen LogP) is 2.90. The molecular weight excluding hydrogens is 216 g/mol. The molecule has 1 nitrogen and oxygen atoms in total. The molecule has 3 heteroatoms. The monoisotopic (exact) mass is 233 g/mol. The molecule has 1 heterocycles. The Balaban J connectivity index is 2.60. The smallest absolute Gasteiger partial charge is 0.113 e. The summed E-state index contributed by atoms with van der Waals surface area (Å²) in [5.41, 5.74) is 5.16. The van der Waals surface area contributed by atoms with Crippen LogP contribution in [-0.4, -0.2) is 20.7 Å². The van der Waals surface area contributed by atoms with Gasteiger partial charge in [-0.05, 0) is 23.6 Å². The fourth-order valence-electron chi connectivity index (χ4n) is 2.35. The van der Waals surface area contributed by atoms with Crippen molar-refractivity contribution in [2.75, 3.05) is 0 Å². The molecule has 18 heavy (non-hydrogen) atoms. The average molecular weight is 233 g/mol. The summed E-state index contributed by atoms with van der Waals surface area (Å²) in [5, 5.41) is 1.21. The van der Waals surface area contributed by atoms with E-state index in [1.165, 1.54) is 10.9 Å². The van der Waals surface area contributed by atoms with Gasteiger partial charge in [-0.15, -0.1) is 0 Å². The van der Waals surface area contributed by atoms with Gasteiger partial charge in [0.25, 0.3) is 0 Å². The zero-order valence-electron chi connectivity index (χ0n) is 11.1. The predicted molar refractivity (Wildman–Crippen MR) is 81.9 cm³/mol. The minimum Gasteiger partial charge on any atom is -0.355 e. The number of allylic oxidation sites excluding steroid dienone is 1. The van der Waals surface area contributed by atoms with Crippen LogP contribution < -0.4 is 5.46 Å². The second-order valence-corrected chi connectivity index (χ2v) is 4.68. The fraction of sp³-hybridized carbons (Fsp3) is 0.333. The normalized spacial score (nSPS) is 12.8. The van der Waals surface area contributed by atoms with Crippen molar-refractivity contribution in [3.63, 3.8) is 0 Å². The first-order valence-electron chi connectivity index (χ1n) is 6.43. The largest absolute Gasteiger partial charge is 0.355 e. The van der Waals surface area contributed by atoms with Gasteiger partial charge >= 0.3 is 0 Å². The van der Waals surface area contributed by atoms with E-state index in [0.29, 0.717) is 0 Å². The van der Waals surface area contributed by atoms with Gasteiger partial charge in [-0.2, -0.15) is 0 Å². The molecule has 0 amide bonds. The van der Waals surface area contributed by atoms with Gasteiger partial charge in [-0.1, -0.05) is 50.3 Å². The summed E-state index contributed by atoms with van der Waals surface area (Å²) in [5.74, 6) is 0.000657. The lowest BCUT2D eigenvalue weighted by atomic mass is 9.77. The maximum Gasteiger partial charge on any atom is 0.113 e. The molecule has 4 radical (unpaired) electrons. The number of aromatic amines is 1. The van der Waals surface area contributed by atoms with Gasteiger partial charge in [0.15, 0.2) is 0 Å². The number of rotatable bonds is 4. The number of aromatic nitrogens is 1. The molecule has 0 spiro atoms. The van der Waals surface area contributed by atoms with E-state index in [1.54, 1.807) is 0 Å². The van der Waals surface area contributed by atoms with Crippen molar-refractivity contribution < 1.29 is 0 Å². The Morgan fingerprint density at radius 2 is 2.11 bits per heavy atom. The molecule has 1 N–H and O–H groups in total. The number of H-pyrrole nitrogens is 1. The van der Waals surface area contributed by atoms with Crippen LogP contribution in [0.15, 0.2) is 24.8 Å². The van der Waals surface area contributed by atoms with Crippen molar-refractivity contribution in [3.8, 4) is 0 Å². The molecule has 0 aliphatic carbocycles. The summed E-state index contributed by atoms with van der Waals surface area (Å²) in [6, 6.07) is 5.96. The molecule has 1 atom stereocenters. The van der Waals surface area contributed by atoms with Gasteiger partial charge in [-0.3, -0.25) is 0 Å². The molecule has 2 rings (SSSR count). The molecule has 2 aromatic rings. The number of fused-ring (bicyclic) bond motifs is 1. The summed E-state index contributed by atoms with van der Waals surface area (Å²) in [4.78, 5) is 3.41. The highest BCUT2D eigenvalue weighted by molar-refractivity contribution is 6.33. The summed E-state index contributed by atoms with van der Waals surface area (Å²) >= 11 is 0. The van der Waals surface area contributed by atoms with Crippen molar-refractivity contribution in [1.82, 2.24) is 4.98 Å². The minimum atomic E-state index is 0.000657. The van der Waals surface area contributed by atoms with Gasteiger partial charge < -0.3 is 4.98 Å². The van der Waals surface area contributed by atoms with E-state index in [1.807, 2.05) is 12.1 Å². The number of aryl methyl sites for hydroxylation is 1. The van der Waals surface area contributed by atoms with Crippen LogP contribution in [0, 0.1) is 0 Å². The first-order valence-corrected chi connectivity index (χ1v) is 6.43. The molecular formula is C15H17B2N. The maximum absolute atomic E-state index is 6.08. The number of hydrogen-bond acceptors (Lipinski definition) is 0. The van der Waals surface area contributed by atoms with Crippen LogP contribution in [-0.2, 0) is 6.42 Å². The number of nitrogens with one attached hydrogen (secondary N) is 1. The fourth-order valence-corrected chi connectivity index (χ4v) is 2.35. The van der Waals surface area contributed by atoms with Gasteiger partial charge in [0.1, 0.15) is 7.85 Å². The van der Waals surface area contributed by atoms with E-state index in [9.17, 15) is 0 Å². The molecule has 88 valence electrons. The highest BCUT2D eigenvalue weighted by Gasteiger charge is 2.15. The first-order chi connectivity index (χ1) is 8.58. The minimum absolute atomic E-state index is 0.000657. The lowest BCUT2D eigenvalue weighted by Crippen LogP contribution is -1.99. The first kappa shape index (κ1) is 13.1. The lowest BCUT2D eigenvalue weighted by Gasteiger charge is -2.13. The second kappa shape index (κ2) is 5.09. The van der Waals surface area contributed by atoms with Crippen molar-refractivity contribution in [1.29, 1.82) is 0 Å². The van der Waals surface area contributed by atoms with Crippen LogP contribution in [0.4, 0.5) is 0 Å². The van der Waals surface area contributed by atoms with Crippen LogP contribution in [0.1, 0.15) is 31.5 Å². The van der Waals surface area contributed by atoms with Gasteiger partial charge in [0, 0.05) is 16.6 Å². The zero-order valence-corrected chi connectivity index (χ0v) is 11.1. The van der Waals surface area contributed by atoms with Crippen molar-refractivity contribution in [2.24, 2.45) is 0 Å². The second-order valence-electron chi connectivity index (χ2n) is 4.68. The van der Waals surface area contributed by atoms with E-state index in [0.717, 1.165) is 35.1 Å². The van der Waals surface area contributed by atoms with E-state index in [2.05, 4.69) is 31.5 Å².